The molecular weight excluding hydrogens is 428 g/mol. The molecule has 0 saturated carbocycles. The van der Waals surface area contributed by atoms with Crippen molar-refractivity contribution >= 4 is 36.3 Å². The summed E-state index contributed by atoms with van der Waals surface area (Å²) in [5.41, 5.74) is 4.94. The van der Waals surface area contributed by atoms with Gasteiger partial charge in [-0.15, -0.1) is 10.6 Å². The fourth-order valence-corrected chi connectivity index (χ4v) is 4.33. The number of rotatable bonds is 5. The summed E-state index contributed by atoms with van der Waals surface area (Å²) in [7, 11) is -1.41. The number of amides is 1. The van der Waals surface area contributed by atoms with Gasteiger partial charge < -0.3 is 10.2 Å². The van der Waals surface area contributed by atoms with E-state index in [0.29, 0.717) is 11.6 Å². The first-order valence-electron chi connectivity index (χ1n) is 11.1. The minimum Gasteiger partial charge on any atom is -0.354 e. The van der Waals surface area contributed by atoms with Crippen molar-refractivity contribution in [2.75, 3.05) is 23.3 Å². The molecule has 0 aliphatic carbocycles. The highest BCUT2D eigenvalue weighted by Gasteiger charge is 2.26. The van der Waals surface area contributed by atoms with Crippen LogP contribution in [0, 0.1) is 17.4 Å². The molecule has 33 heavy (non-hydrogen) atoms. The molecule has 1 saturated heterocycles. The van der Waals surface area contributed by atoms with Gasteiger partial charge >= 0.3 is 0 Å². The summed E-state index contributed by atoms with van der Waals surface area (Å²) in [5.74, 6) is 5.14. The Hall–Kier alpha value is -3.57. The van der Waals surface area contributed by atoms with Crippen LogP contribution in [0.4, 0.5) is 11.5 Å². The number of nitrogens with one attached hydrogen (secondary N) is 1. The van der Waals surface area contributed by atoms with E-state index in [-0.39, 0.29) is 5.91 Å². The van der Waals surface area contributed by atoms with Crippen LogP contribution in [-0.4, -0.2) is 47.2 Å². The molecule has 0 bridgehead atoms. The number of hydrogen-bond donors (Lipinski definition) is 1. The van der Waals surface area contributed by atoms with Crippen LogP contribution in [0.1, 0.15) is 17.8 Å². The van der Waals surface area contributed by atoms with Gasteiger partial charge in [-0.2, -0.15) is 5.10 Å². The van der Waals surface area contributed by atoms with Crippen LogP contribution < -0.4 is 10.2 Å². The van der Waals surface area contributed by atoms with Crippen LogP contribution in [-0.2, 0) is 11.2 Å². The Labute approximate surface area is 195 Å². The van der Waals surface area contributed by atoms with Crippen molar-refractivity contribution in [1.29, 1.82) is 0 Å². The van der Waals surface area contributed by atoms with Gasteiger partial charge in [-0.05, 0) is 36.6 Å². The number of carbonyl (C=O) groups is 1. The van der Waals surface area contributed by atoms with E-state index < -0.39 is 8.07 Å². The first-order valence-corrected chi connectivity index (χ1v) is 14.6. The van der Waals surface area contributed by atoms with Crippen LogP contribution in [0.5, 0.6) is 0 Å². The number of aromatic nitrogens is 4. The van der Waals surface area contributed by atoms with E-state index in [9.17, 15) is 4.79 Å². The molecule has 3 aromatic rings. The Bertz CT molecular complexity index is 1240. The average Bonchev–Trinajstić information content (AvgIpc) is 3.25. The number of nitrogens with zero attached hydrogens (tertiary/aromatic N) is 5. The fraction of sp³-hybridized carbons (Fsp3) is 0.320. The molecule has 1 aliphatic rings. The van der Waals surface area contributed by atoms with Crippen molar-refractivity contribution < 1.29 is 4.79 Å². The maximum atomic E-state index is 11.6. The monoisotopic (exact) mass is 456 g/mol. The van der Waals surface area contributed by atoms with Gasteiger partial charge in [-0.1, -0.05) is 32.1 Å². The van der Waals surface area contributed by atoms with Gasteiger partial charge in [-0.25, -0.2) is 9.97 Å². The molecule has 2 aromatic heterocycles. The van der Waals surface area contributed by atoms with Crippen molar-refractivity contribution in [3.63, 3.8) is 0 Å². The molecule has 1 aliphatic heterocycles. The van der Waals surface area contributed by atoms with Crippen LogP contribution >= 0.6 is 0 Å². The highest BCUT2D eigenvalue weighted by molar-refractivity contribution is 6.83. The van der Waals surface area contributed by atoms with Gasteiger partial charge in [-0.3, -0.25) is 4.79 Å². The molecule has 168 valence electrons. The van der Waals surface area contributed by atoms with Crippen LogP contribution in [0.15, 0.2) is 49.4 Å². The Morgan fingerprint density at radius 1 is 1.27 bits per heavy atom. The Balaban J connectivity index is 1.44. The van der Waals surface area contributed by atoms with Crippen molar-refractivity contribution in [2.24, 2.45) is 5.92 Å². The van der Waals surface area contributed by atoms with E-state index in [1.54, 1.807) is 6.20 Å². The Morgan fingerprint density at radius 2 is 2.06 bits per heavy atom. The smallest absolute Gasteiger partial charge is 0.247 e. The summed E-state index contributed by atoms with van der Waals surface area (Å²) in [6.07, 6.45) is 8.52. The molecule has 7 nitrogen and oxygen atoms in total. The normalized spacial score (nSPS) is 15.7. The van der Waals surface area contributed by atoms with E-state index in [1.165, 1.54) is 6.08 Å². The highest BCUT2D eigenvalue weighted by atomic mass is 28.3. The minimum atomic E-state index is -1.41. The lowest BCUT2D eigenvalue weighted by atomic mass is 10.0. The molecule has 1 atom stereocenters. The van der Waals surface area contributed by atoms with E-state index >= 15 is 0 Å². The summed E-state index contributed by atoms with van der Waals surface area (Å²) >= 11 is 0. The van der Waals surface area contributed by atoms with Gasteiger partial charge in [0.1, 0.15) is 13.9 Å². The third kappa shape index (κ3) is 5.82. The number of benzene rings is 1. The molecule has 1 aromatic carbocycles. The molecule has 0 unspecified atom stereocenters. The number of anilines is 2. The second-order valence-corrected chi connectivity index (χ2v) is 14.1. The molecule has 1 fully saturated rings. The molecule has 1 amide bonds. The predicted octanol–water partition coefficient (Wildman–Crippen LogP) is 3.84. The highest BCUT2D eigenvalue weighted by Crippen LogP contribution is 2.30. The number of carbonyl (C=O) groups excluding carboxylic acids is 1. The zero-order valence-corrected chi connectivity index (χ0v) is 20.3. The first-order chi connectivity index (χ1) is 15.8. The van der Waals surface area contributed by atoms with Crippen molar-refractivity contribution in [3.05, 3.63) is 60.8 Å². The van der Waals surface area contributed by atoms with Crippen molar-refractivity contribution in [2.45, 2.75) is 32.5 Å². The average molecular weight is 457 g/mol. The van der Waals surface area contributed by atoms with Gasteiger partial charge in [0.15, 0.2) is 5.82 Å². The Kier molecular flexibility index (Phi) is 6.51. The van der Waals surface area contributed by atoms with E-state index in [4.69, 9.17) is 0 Å². The lowest BCUT2D eigenvalue weighted by Gasteiger charge is -2.19. The van der Waals surface area contributed by atoms with Crippen LogP contribution in [0.25, 0.3) is 10.8 Å². The topological polar surface area (TPSA) is 83.9 Å². The summed E-state index contributed by atoms with van der Waals surface area (Å²) in [4.78, 5) is 23.0. The summed E-state index contributed by atoms with van der Waals surface area (Å²) in [6, 6.07) is 5.76. The Morgan fingerprint density at radius 3 is 2.79 bits per heavy atom. The predicted molar refractivity (Wildman–Crippen MR) is 135 cm³/mol. The summed E-state index contributed by atoms with van der Waals surface area (Å²) in [6.45, 7) is 11.9. The third-order valence-corrected chi connectivity index (χ3v) is 6.31. The van der Waals surface area contributed by atoms with Crippen LogP contribution in [0.3, 0.4) is 0 Å². The fourth-order valence-electron chi connectivity index (χ4n) is 3.81. The van der Waals surface area contributed by atoms with E-state index in [2.05, 4.69) is 68.1 Å². The van der Waals surface area contributed by atoms with Crippen molar-refractivity contribution in [1.82, 2.24) is 20.2 Å². The quantitative estimate of drug-likeness (QED) is 0.357. The molecule has 4 rings (SSSR count). The van der Waals surface area contributed by atoms with Gasteiger partial charge in [0.25, 0.3) is 0 Å². The standard InChI is InChI=1S/C25H28N6OSi/c1-5-24(32)29-21-6-7-22-20(13-21)16-28-30-25(22)31-10-8-18(17-31)12-23-26-14-19(15-27-23)9-11-33(2,3)4/h5-7,13-16,18H,1,8,10,12,17H2,2-4H3,(H,29,32)/t18-/m0/s1. The summed E-state index contributed by atoms with van der Waals surface area (Å²) < 4.78 is 0. The van der Waals surface area contributed by atoms with Gasteiger partial charge in [0.05, 0.1) is 11.8 Å². The second-order valence-electron chi connectivity index (χ2n) is 9.36. The molecule has 1 N–H and O–H groups in total. The third-order valence-electron chi connectivity index (χ3n) is 5.44. The van der Waals surface area contributed by atoms with Crippen molar-refractivity contribution in [3.8, 4) is 11.5 Å². The first kappa shape index (κ1) is 22.6. The minimum absolute atomic E-state index is 0.239. The lowest BCUT2D eigenvalue weighted by Crippen LogP contribution is -2.22. The van der Waals surface area contributed by atoms with E-state index in [0.717, 1.165) is 53.9 Å². The van der Waals surface area contributed by atoms with Gasteiger partial charge in [0.2, 0.25) is 5.91 Å². The zero-order chi connectivity index (χ0) is 23.4. The second kappa shape index (κ2) is 9.51. The lowest BCUT2D eigenvalue weighted by molar-refractivity contribution is -0.111. The molecule has 3 heterocycles. The SMILES string of the molecule is C=CC(=O)Nc1ccc2c(N3CC[C@@H](Cc4ncc(C#C[Si](C)(C)C)cn4)C3)nncc2c1. The van der Waals surface area contributed by atoms with Gasteiger partial charge in [0, 0.05) is 48.4 Å². The summed E-state index contributed by atoms with van der Waals surface area (Å²) in [5, 5.41) is 13.3. The number of fused-ring (bicyclic) bond motifs is 1. The number of hydrogen-bond acceptors (Lipinski definition) is 6. The zero-order valence-electron chi connectivity index (χ0n) is 19.3. The maximum Gasteiger partial charge on any atom is 0.247 e. The van der Waals surface area contributed by atoms with E-state index in [1.807, 2.05) is 30.6 Å². The molecule has 0 spiro atoms. The molecule has 0 radical (unpaired) electrons. The van der Waals surface area contributed by atoms with Crippen LogP contribution in [0.2, 0.25) is 19.6 Å². The maximum absolute atomic E-state index is 11.6. The molecular formula is C25H28N6OSi. The largest absolute Gasteiger partial charge is 0.354 e. The molecule has 8 heteroatoms.